The Hall–Kier alpha value is -1.68. The Morgan fingerprint density at radius 1 is 1.09 bits per heavy atom. The van der Waals surface area contributed by atoms with Crippen LogP contribution in [0.1, 0.15) is 44.9 Å². The highest BCUT2D eigenvalue weighted by molar-refractivity contribution is 7.89. The molecular weight excluding hydrogens is 442 g/mol. The van der Waals surface area contributed by atoms with E-state index in [0.29, 0.717) is 31.7 Å². The van der Waals surface area contributed by atoms with Crippen molar-refractivity contribution in [2.24, 2.45) is 5.92 Å². The smallest absolute Gasteiger partial charge is 0.243 e. The number of rotatable bonds is 7. The number of nitrogens with zero attached hydrogens (tertiary/aromatic N) is 2. The van der Waals surface area contributed by atoms with Gasteiger partial charge in [0, 0.05) is 38.3 Å². The van der Waals surface area contributed by atoms with Crippen molar-refractivity contribution >= 4 is 15.9 Å². The number of ether oxygens (including phenoxy) is 2. The maximum atomic E-state index is 13.2. The second kappa shape index (κ2) is 10.7. The van der Waals surface area contributed by atoms with Crippen molar-refractivity contribution in [3.63, 3.8) is 0 Å². The SMILES string of the molecule is COc1ccc(S(=O)(=O)N2CCC[C@@H](C(=O)NCC3(N4CCOCC4)CCCCC3)C2)cc1. The van der Waals surface area contributed by atoms with Gasteiger partial charge in [0.2, 0.25) is 15.9 Å². The maximum absolute atomic E-state index is 13.2. The lowest BCUT2D eigenvalue weighted by atomic mass is 9.79. The molecule has 0 aromatic heterocycles. The number of sulfonamides is 1. The summed E-state index contributed by atoms with van der Waals surface area (Å²) in [6.45, 7) is 4.61. The molecule has 1 aliphatic carbocycles. The molecule has 0 spiro atoms. The molecule has 1 saturated carbocycles. The number of carbonyl (C=O) groups is 1. The van der Waals surface area contributed by atoms with E-state index in [9.17, 15) is 13.2 Å². The molecule has 184 valence electrons. The summed E-state index contributed by atoms with van der Waals surface area (Å²) < 4.78 is 38.4. The predicted molar refractivity (Wildman–Crippen MR) is 126 cm³/mol. The van der Waals surface area contributed by atoms with Crippen molar-refractivity contribution in [2.75, 3.05) is 53.0 Å². The highest BCUT2D eigenvalue weighted by Crippen LogP contribution is 2.34. The van der Waals surface area contributed by atoms with Gasteiger partial charge >= 0.3 is 0 Å². The van der Waals surface area contributed by atoms with Crippen molar-refractivity contribution in [1.82, 2.24) is 14.5 Å². The van der Waals surface area contributed by atoms with E-state index in [1.807, 2.05) is 0 Å². The van der Waals surface area contributed by atoms with E-state index in [1.165, 1.54) is 23.6 Å². The van der Waals surface area contributed by atoms with Crippen molar-refractivity contribution in [3.05, 3.63) is 24.3 Å². The molecule has 0 unspecified atom stereocenters. The number of hydrogen-bond donors (Lipinski definition) is 1. The number of amides is 1. The predicted octanol–water partition coefficient (Wildman–Crippen LogP) is 2.25. The molecule has 4 rings (SSSR count). The van der Waals surface area contributed by atoms with E-state index in [0.717, 1.165) is 39.1 Å². The van der Waals surface area contributed by atoms with E-state index in [4.69, 9.17) is 9.47 Å². The average molecular weight is 480 g/mol. The molecule has 1 aromatic rings. The second-order valence-electron chi connectivity index (χ2n) is 9.48. The summed E-state index contributed by atoms with van der Waals surface area (Å²) in [6, 6.07) is 6.42. The Balaban J connectivity index is 1.39. The van der Waals surface area contributed by atoms with Gasteiger partial charge in [-0.05, 0) is 49.9 Å². The minimum Gasteiger partial charge on any atom is -0.497 e. The molecular formula is C24H37N3O5S. The topological polar surface area (TPSA) is 88.2 Å². The Labute approximate surface area is 197 Å². The van der Waals surface area contributed by atoms with Crippen LogP contribution in [-0.4, -0.2) is 82.1 Å². The van der Waals surface area contributed by atoms with Crippen LogP contribution in [0.25, 0.3) is 0 Å². The second-order valence-corrected chi connectivity index (χ2v) is 11.4. The highest BCUT2D eigenvalue weighted by atomic mass is 32.2. The minimum absolute atomic E-state index is 0.00121. The van der Waals surface area contributed by atoms with Gasteiger partial charge < -0.3 is 14.8 Å². The number of methoxy groups -OCH3 is 1. The fourth-order valence-corrected chi connectivity index (χ4v) is 7.04. The lowest BCUT2D eigenvalue weighted by Gasteiger charge is -2.48. The summed E-state index contributed by atoms with van der Waals surface area (Å²) in [7, 11) is -2.09. The van der Waals surface area contributed by atoms with Crippen LogP contribution in [0.2, 0.25) is 0 Å². The van der Waals surface area contributed by atoms with E-state index in [-0.39, 0.29) is 28.8 Å². The van der Waals surface area contributed by atoms with Gasteiger partial charge in [-0.1, -0.05) is 19.3 Å². The molecule has 0 radical (unpaired) electrons. The van der Waals surface area contributed by atoms with Gasteiger partial charge in [-0.15, -0.1) is 0 Å². The summed E-state index contributed by atoms with van der Waals surface area (Å²) in [5.41, 5.74) is 0.00121. The molecule has 2 heterocycles. The quantitative estimate of drug-likeness (QED) is 0.645. The first kappa shape index (κ1) is 24.4. The maximum Gasteiger partial charge on any atom is 0.243 e. The number of benzene rings is 1. The molecule has 1 amide bonds. The molecule has 2 saturated heterocycles. The number of piperidine rings is 1. The van der Waals surface area contributed by atoms with Crippen LogP contribution in [0.15, 0.2) is 29.2 Å². The van der Waals surface area contributed by atoms with Crippen molar-refractivity contribution in [1.29, 1.82) is 0 Å². The minimum atomic E-state index is -3.64. The van der Waals surface area contributed by atoms with Gasteiger partial charge in [0.05, 0.1) is 31.1 Å². The van der Waals surface area contributed by atoms with Gasteiger partial charge in [0.25, 0.3) is 0 Å². The van der Waals surface area contributed by atoms with Gasteiger partial charge in [-0.25, -0.2) is 8.42 Å². The van der Waals surface area contributed by atoms with E-state index >= 15 is 0 Å². The summed E-state index contributed by atoms with van der Waals surface area (Å²) in [4.78, 5) is 15.9. The van der Waals surface area contributed by atoms with Gasteiger partial charge in [-0.3, -0.25) is 9.69 Å². The molecule has 1 N–H and O–H groups in total. The molecule has 33 heavy (non-hydrogen) atoms. The lowest BCUT2D eigenvalue weighted by molar-refractivity contribution is -0.127. The molecule has 1 atom stereocenters. The normalized spacial score (nSPS) is 24.8. The van der Waals surface area contributed by atoms with Crippen LogP contribution in [0.5, 0.6) is 5.75 Å². The Morgan fingerprint density at radius 3 is 2.45 bits per heavy atom. The zero-order chi connectivity index (χ0) is 23.3. The zero-order valence-electron chi connectivity index (χ0n) is 19.6. The van der Waals surface area contributed by atoms with Crippen LogP contribution in [-0.2, 0) is 19.6 Å². The summed E-state index contributed by atoms with van der Waals surface area (Å²) in [5, 5.41) is 3.23. The standard InChI is InChI=1S/C24H37N3O5S/c1-31-21-7-9-22(10-8-21)33(29,30)27-13-5-6-20(18-27)23(28)25-19-24(11-3-2-4-12-24)26-14-16-32-17-15-26/h7-10,20H,2-6,11-19H2,1H3,(H,25,28)/t20-/m1/s1. The number of carbonyl (C=O) groups excluding carboxylic acids is 1. The fourth-order valence-electron chi connectivity index (χ4n) is 5.52. The Bertz CT molecular complexity index is 893. The summed E-state index contributed by atoms with van der Waals surface area (Å²) in [5.74, 6) is 0.265. The first-order valence-electron chi connectivity index (χ1n) is 12.2. The van der Waals surface area contributed by atoms with E-state index in [2.05, 4.69) is 10.2 Å². The van der Waals surface area contributed by atoms with Crippen molar-refractivity contribution in [2.45, 2.75) is 55.4 Å². The molecule has 3 aliphatic rings. The van der Waals surface area contributed by atoms with Crippen LogP contribution in [0, 0.1) is 5.92 Å². The van der Waals surface area contributed by atoms with Crippen LogP contribution in [0.3, 0.4) is 0 Å². The van der Waals surface area contributed by atoms with Gasteiger partial charge in [0.15, 0.2) is 0 Å². The van der Waals surface area contributed by atoms with E-state index in [1.54, 1.807) is 31.4 Å². The van der Waals surface area contributed by atoms with Gasteiger partial charge in [0.1, 0.15) is 5.75 Å². The molecule has 9 heteroatoms. The Morgan fingerprint density at radius 2 is 1.79 bits per heavy atom. The lowest BCUT2D eigenvalue weighted by Crippen LogP contribution is -2.60. The largest absolute Gasteiger partial charge is 0.497 e. The average Bonchev–Trinajstić information content (AvgIpc) is 2.88. The highest BCUT2D eigenvalue weighted by Gasteiger charge is 2.40. The molecule has 2 aliphatic heterocycles. The number of hydrogen-bond acceptors (Lipinski definition) is 6. The Kier molecular flexibility index (Phi) is 7.94. The summed E-state index contributed by atoms with van der Waals surface area (Å²) >= 11 is 0. The molecule has 8 nitrogen and oxygen atoms in total. The van der Waals surface area contributed by atoms with E-state index < -0.39 is 10.0 Å². The third-order valence-electron chi connectivity index (χ3n) is 7.51. The fraction of sp³-hybridized carbons (Fsp3) is 0.708. The number of nitrogens with one attached hydrogen (secondary N) is 1. The molecule has 0 bridgehead atoms. The third kappa shape index (κ3) is 5.53. The van der Waals surface area contributed by atoms with Crippen molar-refractivity contribution < 1.29 is 22.7 Å². The summed E-state index contributed by atoms with van der Waals surface area (Å²) in [6.07, 6.45) is 7.20. The zero-order valence-corrected chi connectivity index (χ0v) is 20.4. The monoisotopic (exact) mass is 479 g/mol. The van der Waals surface area contributed by atoms with Crippen molar-refractivity contribution in [3.8, 4) is 5.75 Å². The number of morpholine rings is 1. The van der Waals surface area contributed by atoms with Gasteiger partial charge in [-0.2, -0.15) is 4.31 Å². The molecule has 3 fully saturated rings. The first-order valence-corrected chi connectivity index (χ1v) is 13.6. The van der Waals surface area contributed by atoms with Crippen LogP contribution < -0.4 is 10.1 Å². The first-order chi connectivity index (χ1) is 15.9. The third-order valence-corrected chi connectivity index (χ3v) is 9.39. The van der Waals surface area contributed by atoms with Crippen LogP contribution in [0.4, 0.5) is 0 Å². The molecule has 1 aromatic carbocycles. The van der Waals surface area contributed by atoms with Crippen LogP contribution >= 0.6 is 0 Å².